The first-order chi connectivity index (χ1) is 7.38. The quantitative estimate of drug-likeness (QED) is 0.442. The Kier molecular flexibility index (Phi) is 8.39. The Bertz CT molecular complexity index is 161. The van der Waals surface area contributed by atoms with E-state index >= 15 is 0 Å². The van der Waals surface area contributed by atoms with Crippen LogP contribution in [0.2, 0.25) is 13.1 Å². The molecular formula is C14H32OSi. The summed E-state index contributed by atoms with van der Waals surface area (Å²) in [4.78, 5) is 0. The topological polar surface area (TPSA) is 9.23 Å². The summed E-state index contributed by atoms with van der Waals surface area (Å²) >= 11 is 0. The maximum absolute atomic E-state index is 6.16. The fraction of sp³-hybridized carbons (Fsp3) is 1.00. The summed E-state index contributed by atoms with van der Waals surface area (Å²) < 4.78 is 6.16. The van der Waals surface area contributed by atoms with Crippen molar-refractivity contribution in [2.75, 3.05) is 0 Å². The van der Waals surface area contributed by atoms with Crippen molar-refractivity contribution < 1.29 is 4.43 Å². The van der Waals surface area contributed by atoms with Crippen LogP contribution < -0.4 is 0 Å². The smallest absolute Gasteiger partial charge is 0.171 e. The molecule has 0 N–H and O–H groups in total. The summed E-state index contributed by atoms with van der Waals surface area (Å²) in [6, 6.07) is 0. The van der Waals surface area contributed by atoms with Crippen molar-refractivity contribution in [3.63, 3.8) is 0 Å². The largest absolute Gasteiger partial charge is 0.417 e. The van der Waals surface area contributed by atoms with Crippen LogP contribution in [0.25, 0.3) is 0 Å². The van der Waals surface area contributed by atoms with Gasteiger partial charge < -0.3 is 4.43 Å². The second kappa shape index (κ2) is 8.29. The van der Waals surface area contributed by atoms with Gasteiger partial charge in [-0.1, -0.05) is 59.8 Å². The van der Waals surface area contributed by atoms with Crippen LogP contribution in [0, 0.1) is 5.41 Å². The Hall–Kier alpha value is 0.177. The fourth-order valence-corrected chi connectivity index (χ4v) is 3.17. The molecule has 0 radical (unpaired) electrons. The molecule has 0 spiro atoms. The fourth-order valence-electron chi connectivity index (χ4n) is 1.97. The van der Waals surface area contributed by atoms with Gasteiger partial charge in [-0.2, -0.15) is 0 Å². The van der Waals surface area contributed by atoms with Crippen molar-refractivity contribution in [1.29, 1.82) is 0 Å². The monoisotopic (exact) mass is 244 g/mol. The minimum absolute atomic E-state index is 0.308. The third-order valence-corrected chi connectivity index (χ3v) is 3.85. The average molecular weight is 244 g/mol. The minimum Gasteiger partial charge on any atom is -0.417 e. The molecule has 0 aromatic carbocycles. The summed E-state index contributed by atoms with van der Waals surface area (Å²) in [7, 11) is -0.893. The van der Waals surface area contributed by atoms with Gasteiger partial charge in [0, 0.05) is 6.10 Å². The van der Waals surface area contributed by atoms with Crippen molar-refractivity contribution >= 4 is 9.04 Å². The molecule has 0 aromatic heterocycles. The molecule has 2 heteroatoms. The molecule has 0 rings (SSSR count). The normalized spacial score (nSPS) is 14.4. The van der Waals surface area contributed by atoms with Crippen LogP contribution in [-0.4, -0.2) is 15.1 Å². The first-order valence-corrected chi connectivity index (χ1v) is 9.81. The molecule has 0 amide bonds. The summed E-state index contributed by atoms with van der Waals surface area (Å²) in [5.41, 5.74) is 0.308. The molecule has 0 bridgehead atoms. The Balaban J connectivity index is 3.84. The lowest BCUT2D eigenvalue weighted by molar-refractivity contribution is 0.0759. The lowest BCUT2D eigenvalue weighted by Gasteiger charge is -2.32. The maximum atomic E-state index is 6.16. The second-order valence-corrected chi connectivity index (χ2v) is 8.61. The number of hydrogen-bond donors (Lipinski definition) is 0. The van der Waals surface area contributed by atoms with Gasteiger partial charge in [0.25, 0.3) is 0 Å². The van der Waals surface area contributed by atoms with Crippen LogP contribution in [0.4, 0.5) is 0 Å². The maximum Gasteiger partial charge on any atom is 0.171 e. The van der Waals surface area contributed by atoms with E-state index in [1.165, 1.54) is 38.5 Å². The molecule has 1 atom stereocenters. The third-order valence-electron chi connectivity index (χ3n) is 2.97. The molecule has 0 aliphatic heterocycles. The standard InChI is InChI=1S/C14H32OSi/c1-7-8-9-10-11-12-13(14(2,3)4)15-16(5)6/h13,16H,7-12H2,1-6H3. The van der Waals surface area contributed by atoms with Gasteiger partial charge in [-0.25, -0.2) is 0 Å². The molecule has 1 nitrogen and oxygen atoms in total. The summed E-state index contributed by atoms with van der Waals surface area (Å²) in [6.07, 6.45) is 8.55. The molecule has 0 aromatic rings. The molecule has 0 heterocycles. The zero-order valence-electron chi connectivity index (χ0n) is 12.3. The lowest BCUT2D eigenvalue weighted by atomic mass is 9.86. The van der Waals surface area contributed by atoms with E-state index in [0.717, 1.165) is 0 Å². The SMILES string of the molecule is CCCCCCCC(O[SiH](C)C)C(C)(C)C. The van der Waals surface area contributed by atoms with E-state index in [2.05, 4.69) is 40.8 Å². The molecule has 0 fully saturated rings. The van der Waals surface area contributed by atoms with E-state index in [1.807, 2.05) is 0 Å². The van der Waals surface area contributed by atoms with Crippen LogP contribution in [-0.2, 0) is 4.43 Å². The van der Waals surface area contributed by atoms with Gasteiger partial charge >= 0.3 is 0 Å². The van der Waals surface area contributed by atoms with Crippen molar-refractivity contribution in [2.45, 2.75) is 85.4 Å². The lowest BCUT2D eigenvalue weighted by Crippen LogP contribution is -2.33. The first-order valence-electron chi connectivity index (χ1n) is 7.03. The van der Waals surface area contributed by atoms with E-state index in [0.29, 0.717) is 11.5 Å². The van der Waals surface area contributed by atoms with E-state index in [4.69, 9.17) is 4.43 Å². The predicted octanol–water partition coefficient (Wildman–Crippen LogP) is 4.76. The Morgan fingerprint density at radius 2 is 1.56 bits per heavy atom. The number of rotatable bonds is 8. The highest BCUT2D eigenvalue weighted by Crippen LogP contribution is 2.27. The summed E-state index contributed by atoms with van der Waals surface area (Å²) in [5, 5.41) is 0. The van der Waals surface area contributed by atoms with Crippen molar-refractivity contribution in [1.82, 2.24) is 0 Å². The molecule has 1 unspecified atom stereocenters. The van der Waals surface area contributed by atoms with E-state index < -0.39 is 9.04 Å². The minimum atomic E-state index is -0.893. The number of hydrogen-bond acceptors (Lipinski definition) is 1. The average Bonchev–Trinajstić information content (AvgIpc) is 2.13. The van der Waals surface area contributed by atoms with Gasteiger partial charge in [-0.05, 0) is 24.9 Å². The van der Waals surface area contributed by atoms with E-state index in [9.17, 15) is 0 Å². The highest BCUT2D eigenvalue weighted by molar-refractivity contribution is 6.48. The van der Waals surface area contributed by atoms with Crippen molar-refractivity contribution in [2.24, 2.45) is 5.41 Å². The van der Waals surface area contributed by atoms with E-state index in [-0.39, 0.29) is 0 Å². The molecular weight excluding hydrogens is 212 g/mol. The summed E-state index contributed by atoms with van der Waals surface area (Å²) in [5.74, 6) is 0. The van der Waals surface area contributed by atoms with E-state index in [1.54, 1.807) is 0 Å². The third kappa shape index (κ3) is 8.34. The van der Waals surface area contributed by atoms with Crippen molar-refractivity contribution in [3.05, 3.63) is 0 Å². The second-order valence-electron chi connectivity index (χ2n) is 6.24. The van der Waals surface area contributed by atoms with Gasteiger partial charge in [0.1, 0.15) is 0 Å². The van der Waals surface area contributed by atoms with Crippen molar-refractivity contribution in [3.8, 4) is 0 Å². The van der Waals surface area contributed by atoms with Gasteiger partial charge in [0.15, 0.2) is 9.04 Å². The zero-order chi connectivity index (χ0) is 12.6. The Morgan fingerprint density at radius 3 is 2.00 bits per heavy atom. The van der Waals surface area contributed by atoms with Gasteiger partial charge in [-0.15, -0.1) is 0 Å². The highest BCUT2D eigenvalue weighted by atomic mass is 28.3. The molecule has 0 saturated heterocycles. The molecule has 0 saturated carbocycles. The molecule has 98 valence electrons. The Morgan fingerprint density at radius 1 is 1.00 bits per heavy atom. The van der Waals surface area contributed by atoms with Crippen LogP contribution in [0.5, 0.6) is 0 Å². The highest BCUT2D eigenvalue weighted by Gasteiger charge is 2.25. The summed E-state index contributed by atoms with van der Waals surface area (Å²) in [6.45, 7) is 13.7. The van der Waals surface area contributed by atoms with Crippen LogP contribution in [0.3, 0.4) is 0 Å². The number of unbranched alkanes of at least 4 members (excludes halogenated alkanes) is 4. The van der Waals surface area contributed by atoms with Crippen LogP contribution in [0.15, 0.2) is 0 Å². The predicted molar refractivity (Wildman–Crippen MR) is 76.6 cm³/mol. The van der Waals surface area contributed by atoms with Gasteiger partial charge in [0.2, 0.25) is 0 Å². The van der Waals surface area contributed by atoms with Crippen LogP contribution >= 0.6 is 0 Å². The molecule has 0 aliphatic carbocycles. The zero-order valence-corrected chi connectivity index (χ0v) is 13.5. The Labute approximate surface area is 105 Å². The van der Waals surface area contributed by atoms with Crippen LogP contribution in [0.1, 0.15) is 66.2 Å². The molecule has 16 heavy (non-hydrogen) atoms. The molecule has 0 aliphatic rings. The van der Waals surface area contributed by atoms with Gasteiger partial charge in [0.05, 0.1) is 0 Å². The first kappa shape index (κ1) is 16.2. The van der Waals surface area contributed by atoms with Gasteiger partial charge in [-0.3, -0.25) is 0 Å².